The molecule has 0 radical (unpaired) electrons. The molecule has 0 atom stereocenters. The van der Waals surface area contributed by atoms with E-state index in [1.54, 1.807) is 0 Å². The molecule has 0 N–H and O–H groups in total. The van der Waals surface area contributed by atoms with E-state index in [1.165, 1.54) is 0 Å². The molecule has 0 unspecified atom stereocenters. The fourth-order valence-corrected chi connectivity index (χ4v) is 1.71. The van der Waals surface area contributed by atoms with Crippen LogP contribution < -0.4 is 9.47 Å². The van der Waals surface area contributed by atoms with E-state index < -0.39 is 0 Å². The summed E-state index contributed by atoms with van der Waals surface area (Å²) >= 11 is 0. The van der Waals surface area contributed by atoms with Crippen molar-refractivity contribution >= 4 is 6.29 Å². The van der Waals surface area contributed by atoms with Crippen molar-refractivity contribution in [3.63, 3.8) is 0 Å². The highest BCUT2D eigenvalue weighted by atomic mass is 16.6. The molecule has 0 fully saturated rings. The number of ether oxygens (including phenoxy) is 2. The summed E-state index contributed by atoms with van der Waals surface area (Å²) in [5, 5.41) is 0. The van der Waals surface area contributed by atoms with E-state index in [9.17, 15) is 4.79 Å². The number of hydrogen-bond donors (Lipinski definition) is 0. The number of carbonyl (C=O) groups is 1. The Morgan fingerprint density at radius 2 is 2.13 bits per heavy atom. The maximum Gasteiger partial charge on any atom is 0.164 e. The third-order valence-electron chi connectivity index (χ3n) is 2.42. The zero-order chi connectivity index (χ0) is 10.5. The molecule has 0 spiro atoms. The molecular weight excluding hydrogens is 192 g/mol. The second kappa shape index (κ2) is 4.82. The van der Waals surface area contributed by atoms with Crippen LogP contribution in [0, 0.1) is 0 Å². The minimum absolute atomic E-state index is 0.602. The summed E-state index contributed by atoms with van der Waals surface area (Å²) < 4.78 is 11.0. The van der Waals surface area contributed by atoms with E-state index in [2.05, 4.69) is 0 Å². The fraction of sp³-hybridized carbons (Fsp3) is 0.417. The molecule has 0 aliphatic carbocycles. The topological polar surface area (TPSA) is 35.5 Å². The zero-order valence-electron chi connectivity index (χ0n) is 8.57. The largest absolute Gasteiger partial charge is 0.486 e. The Hall–Kier alpha value is -1.51. The highest BCUT2D eigenvalue weighted by molar-refractivity contribution is 5.50. The van der Waals surface area contributed by atoms with Crippen LogP contribution in [0.2, 0.25) is 0 Å². The quantitative estimate of drug-likeness (QED) is 0.558. The van der Waals surface area contributed by atoms with Crippen LogP contribution in [-0.4, -0.2) is 19.5 Å². The van der Waals surface area contributed by atoms with E-state index in [0.717, 1.165) is 36.2 Å². The van der Waals surface area contributed by atoms with Crippen LogP contribution in [0.4, 0.5) is 0 Å². The zero-order valence-corrected chi connectivity index (χ0v) is 8.57. The van der Waals surface area contributed by atoms with E-state index >= 15 is 0 Å². The predicted octanol–water partition coefficient (Wildman–Crippen LogP) is 1.98. The number of aryl methyl sites for hydroxylation is 1. The van der Waals surface area contributed by atoms with Gasteiger partial charge in [-0.3, -0.25) is 0 Å². The lowest BCUT2D eigenvalue weighted by atomic mass is 10.1. The smallest absolute Gasteiger partial charge is 0.164 e. The molecule has 0 aromatic heterocycles. The van der Waals surface area contributed by atoms with Gasteiger partial charge in [0.1, 0.15) is 19.5 Å². The van der Waals surface area contributed by atoms with Crippen molar-refractivity contribution in [3.8, 4) is 11.5 Å². The lowest BCUT2D eigenvalue weighted by Crippen LogP contribution is -2.16. The molecule has 1 aliphatic heterocycles. The Balaban J connectivity index is 2.12. The lowest BCUT2D eigenvalue weighted by molar-refractivity contribution is -0.107. The van der Waals surface area contributed by atoms with Gasteiger partial charge in [-0.05, 0) is 24.5 Å². The van der Waals surface area contributed by atoms with Gasteiger partial charge in [0.05, 0.1) is 0 Å². The van der Waals surface area contributed by atoms with Crippen molar-refractivity contribution in [1.29, 1.82) is 0 Å². The van der Waals surface area contributed by atoms with Gasteiger partial charge in [-0.2, -0.15) is 0 Å². The monoisotopic (exact) mass is 206 g/mol. The lowest BCUT2D eigenvalue weighted by Gasteiger charge is -2.20. The molecule has 1 heterocycles. The van der Waals surface area contributed by atoms with Crippen molar-refractivity contribution in [1.82, 2.24) is 0 Å². The summed E-state index contributed by atoms with van der Waals surface area (Å²) in [5.41, 5.74) is 1.13. The summed E-state index contributed by atoms with van der Waals surface area (Å²) in [6.45, 7) is 1.22. The predicted molar refractivity (Wildman–Crippen MR) is 56.4 cm³/mol. The Morgan fingerprint density at radius 3 is 3.00 bits per heavy atom. The van der Waals surface area contributed by atoms with E-state index in [4.69, 9.17) is 9.47 Å². The highest BCUT2D eigenvalue weighted by Gasteiger charge is 2.14. The van der Waals surface area contributed by atoms with Gasteiger partial charge in [0.25, 0.3) is 0 Å². The van der Waals surface area contributed by atoms with Gasteiger partial charge < -0.3 is 14.3 Å². The van der Waals surface area contributed by atoms with Gasteiger partial charge in [0, 0.05) is 6.42 Å². The number of fused-ring (bicyclic) bond motifs is 1. The first-order valence-corrected chi connectivity index (χ1v) is 5.23. The van der Waals surface area contributed by atoms with Gasteiger partial charge in [0.2, 0.25) is 0 Å². The maximum absolute atomic E-state index is 10.2. The Kier molecular flexibility index (Phi) is 3.22. The van der Waals surface area contributed by atoms with Gasteiger partial charge in [0.15, 0.2) is 11.5 Å². The number of para-hydroxylation sites is 1. The minimum atomic E-state index is 0.602. The first-order chi connectivity index (χ1) is 7.42. The fourth-order valence-electron chi connectivity index (χ4n) is 1.71. The van der Waals surface area contributed by atoms with Crippen LogP contribution in [0.25, 0.3) is 0 Å². The third-order valence-corrected chi connectivity index (χ3v) is 2.42. The second-order valence-electron chi connectivity index (χ2n) is 3.50. The van der Waals surface area contributed by atoms with E-state index in [1.807, 2.05) is 18.2 Å². The molecule has 2 rings (SSSR count). The minimum Gasteiger partial charge on any atom is -0.486 e. The van der Waals surface area contributed by atoms with Crippen molar-refractivity contribution in [2.75, 3.05) is 13.2 Å². The molecule has 80 valence electrons. The summed E-state index contributed by atoms with van der Waals surface area (Å²) in [7, 11) is 0. The maximum atomic E-state index is 10.2. The van der Waals surface area contributed by atoms with Gasteiger partial charge in [-0.1, -0.05) is 12.1 Å². The standard InChI is InChI=1S/C12H14O3/c13-7-2-1-4-10-5-3-6-11-12(10)15-9-8-14-11/h3,5-7H,1-2,4,8-9H2. The second-order valence-corrected chi connectivity index (χ2v) is 3.50. The first-order valence-electron chi connectivity index (χ1n) is 5.23. The summed E-state index contributed by atoms with van der Waals surface area (Å²) in [5.74, 6) is 1.68. The van der Waals surface area contributed by atoms with E-state index in [0.29, 0.717) is 19.6 Å². The summed E-state index contributed by atoms with van der Waals surface area (Å²) in [6, 6.07) is 5.90. The number of carbonyl (C=O) groups excluding carboxylic acids is 1. The molecule has 1 aromatic carbocycles. The third kappa shape index (κ3) is 2.29. The van der Waals surface area contributed by atoms with Gasteiger partial charge >= 0.3 is 0 Å². The first kappa shape index (κ1) is 10.0. The molecule has 3 nitrogen and oxygen atoms in total. The van der Waals surface area contributed by atoms with Crippen LogP contribution in [0.15, 0.2) is 18.2 Å². The SMILES string of the molecule is O=CCCCc1cccc2c1OCCO2. The van der Waals surface area contributed by atoms with Crippen molar-refractivity contribution in [2.24, 2.45) is 0 Å². The van der Waals surface area contributed by atoms with Crippen LogP contribution in [0.3, 0.4) is 0 Å². The van der Waals surface area contributed by atoms with Crippen LogP contribution in [-0.2, 0) is 11.2 Å². The molecule has 15 heavy (non-hydrogen) atoms. The van der Waals surface area contributed by atoms with Crippen LogP contribution >= 0.6 is 0 Å². The van der Waals surface area contributed by atoms with Gasteiger partial charge in [-0.15, -0.1) is 0 Å². The average Bonchev–Trinajstić information content (AvgIpc) is 2.30. The molecule has 1 aromatic rings. The Labute approximate surface area is 89.0 Å². The van der Waals surface area contributed by atoms with Crippen molar-refractivity contribution < 1.29 is 14.3 Å². The normalized spacial score (nSPS) is 13.6. The van der Waals surface area contributed by atoms with Crippen molar-refractivity contribution in [2.45, 2.75) is 19.3 Å². The number of unbranched alkanes of at least 4 members (excludes halogenated alkanes) is 1. The Bertz CT molecular complexity index is 347. The highest BCUT2D eigenvalue weighted by Crippen LogP contribution is 2.34. The van der Waals surface area contributed by atoms with Gasteiger partial charge in [-0.25, -0.2) is 0 Å². The van der Waals surface area contributed by atoms with Crippen molar-refractivity contribution in [3.05, 3.63) is 23.8 Å². The van der Waals surface area contributed by atoms with E-state index in [-0.39, 0.29) is 0 Å². The van der Waals surface area contributed by atoms with Crippen LogP contribution in [0.1, 0.15) is 18.4 Å². The summed E-state index contributed by atoms with van der Waals surface area (Å²) in [4.78, 5) is 10.2. The molecule has 0 bridgehead atoms. The number of benzene rings is 1. The molecule has 0 saturated heterocycles. The molecule has 0 amide bonds. The number of aldehydes is 1. The molecule has 1 aliphatic rings. The Morgan fingerprint density at radius 1 is 1.27 bits per heavy atom. The molecular formula is C12H14O3. The molecule has 3 heteroatoms. The number of rotatable bonds is 4. The summed E-state index contributed by atoms with van der Waals surface area (Å²) in [6.07, 6.45) is 3.28. The van der Waals surface area contributed by atoms with Crippen LogP contribution in [0.5, 0.6) is 11.5 Å². The number of hydrogen-bond acceptors (Lipinski definition) is 3. The average molecular weight is 206 g/mol. The molecule has 0 saturated carbocycles.